The van der Waals surface area contributed by atoms with E-state index in [4.69, 9.17) is 16.3 Å². The van der Waals surface area contributed by atoms with Crippen LogP contribution in [0.25, 0.3) is 0 Å². The highest BCUT2D eigenvalue weighted by Crippen LogP contribution is 2.15. The number of amidine groups is 1. The molecule has 0 aliphatic rings. The largest absolute Gasteiger partial charge is 0.394 e. The Hall–Kier alpha value is -1.07. The number of nitrogens with two attached hydrogens (primary N) is 2. The Kier molecular flexibility index (Phi) is 4.58. The van der Waals surface area contributed by atoms with Crippen LogP contribution in [0.3, 0.4) is 0 Å². The van der Waals surface area contributed by atoms with Gasteiger partial charge in [-0.3, -0.25) is 0 Å². The van der Waals surface area contributed by atoms with Gasteiger partial charge >= 0.3 is 0 Å². The molecule has 1 aromatic heterocycles. The quantitative estimate of drug-likeness (QED) is 0.455. The molecule has 0 radical (unpaired) electrons. The van der Waals surface area contributed by atoms with Crippen molar-refractivity contribution in [3.05, 3.63) is 21.9 Å². The minimum atomic E-state index is 0.417. The summed E-state index contributed by atoms with van der Waals surface area (Å²) in [6.45, 7) is 5.23. The van der Waals surface area contributed by atoms with E-state index in [1.165, 1.54) is 11.3 Å². The van der Waals surface area contributed by atoms with Crippen LogP contribution >= 0.6 is 11.3 Å². The molecule has 5 heteroatoms. The van der Waals surface area contributed by atoms with Crippen LogP contribution in [-0.2, 0) is 11.4 Å². The van der Waals surface area contributed by atoms with Crippen molar-refractivity contribution in [1.29, 1.82) is 0 Å². The molecule has 4 nitrogen and oxygen atoms in total. The highest BCUT2D eigenvalue weighted by Gasteiger charge is 2.03. The van der Waals surface area contributed by atoms with Gasteiger partial charge in [0.25, 0.3) is 0 Å². The topological polar surface area (TPSA) is 73.6 Å². The second-order valence-electron chi connectivity index (χ2n) is 3.64. The third kappa shape index (κ3) is 3.89. The molecular formula is C10H17N3OS. The summed E-state index contributed by atoms with van der Waals surface area (Å²) >= 11 is 1.54. The van der Waals surface area contributed by atoms with Crippen molar-refractivity contribution in [2.45, 2.75) is 20.4 Å². The molecule has 0 unspecified atom stereocenters. The van der Waals surface area contributed by atoms with Crippen LogP contribution in [0.5, 0.6) is 0 Å². The molecular weight excluding hydrogens is 210 g/mol. The van der Waals surface area contributed by atoms with Crippen molar-refractivity contribution in [3.8, 4) is 0 Å². The van der Waals surface area contributed by atoms with E-state index in [1.807, 2.05) is 12.1 Å². The molecule has 0 saturated carbocycles. The first-order valence-electron chi connectivity index (χ1n) is 4.88. The fourth-order valence-electron chi connectivity index (χ4n) is 0.926. The number of hydrogen-bond acceptors (Lipinski definition) is 4. The summed E-state index contributed by atoms with van der Waals surface area (Å²) in [4.78, 5) is 7.08. The molecule has 15 heavy (non-hydrogen) atoms. The zero-order valence-corrected chi connectivity index (χ0v) is 9.88. The van der Waals surface area contributed by atoms with Crippen LogP contribution in [-0.4, -0.2) is 12.4 Å². The van der Waals surface area contributed by atoms with Crippen molar-refractivity contribution in [2.75, 3.05) is 6.61 Å². The van der Waals surface area contributed by atoms with Crippen LogP contribution < -0.4 is 11.5 Å². The molecule has 0 atom stereocenters. The van der Waals surface area contributed by atoms with Crippen LogP contribution in [0, 0.1) is 5.92 Å². The Morgan fingerprint density at radius 3 is 2.80 bits per heavy atom. The van der Waals surface area contributed by atoms with Gasteiger partial charge in [-0.05, 0) is 18.1 Å². The number of nitrogens with zero attached hydrogens (tertiary/aromatic N) is 1. The predicted molar refractivity (Wildman–Crippen MR) is 63.7 cm³/mol. The fraction of sp³-hybridized carbons (Fsp3) is 0.500. The lowest BCUT2D eigenvalue weighted by Gasteiger charge is -2.02. The summed E-state index contributed by atoms with van der Waals surface area (Å²) in [5.74, 6) is 0.866. The smallest absolute Gasteiger partial charge is 0.180 e. The molecule has 0 fully saturated rings. The van der Waals surface area contributed by atoms with E-state index >= 15 is 0 Å². The standard InChI is InChI=1S/C10H17N3OS/c1-7(2)6-14-13-10(12)9-4-3-8(5-11)15-9/h3-4,7H,5-6,11H2,1-2H3,(H2,12,13). The van der Waals surface area contributed by atoms with E-state index in [-0.39, 0.29) is 0 Å². The summed E-state index contributed by atoms with van der Waals surface area (Å²) in [5.41, 5.74) is 11.2. The monoisotopic (exact) mass is 227 g/mol. The van der Waals surface area contributed by atoms with Gasteiger partial charge in [0.1, 0.15) is 6.61 Å². The minimum absolute atomic E-state index is 0.417. The van der Waals surface area contributed by atoms with Crippen LogP contribution in [0.4, 0.5) is 0 Å². The normalized spacial score (nSPS) is 12.1. The second-order valence-corrected chi connectivity index (χ2v) is 4.80. The maximum Gasteiger partial charge on any atom is 0.180 e. The lowest BCUT2D eigenvalue weighted by molar-refractivity contribution is 0.118. The first kappa shape index (κ1) is 12.0. The minimum Gasteiger partial charge on any atom is -0.394 e. The van der Waals surface area contributed by atoms with Crippen LogP contribution in [0.1, 0.15) is 23.6 Å². The van der Waals surface area contributed by atoms with E-state index in [9.17, 15) is 0 Å². The van der Waals surface area contributed by atoms with Crippen molar-refractivity contribution < 1.29 is 4.84 Å². The summed E-state index contributed by atoms with van der Waals surface area (Å²) < 4.78 is 0. The van der Waals surface area contributed by atoms with Crippen LogP contribution in [0.2, 0.25) is 0 Å². The molecule has 0 spiro atoms. The van der Waals surface area contributed by atoms with Crippen molar-refractivity contribution >= 4 is 17.2 Å². The van der Waals surface area contributed by atoms with Gasteiger partial charge in [-0.25, -0.2) is 0 Å². The Morgan fingerprint density at radius 2 is 2.27 bits per heavy atom. The highest BCUT2D eigenvalue weighted by atomic mass is 32.1. The van der Waals surface area contributed by atoms with Crippen molar-refractivity contribution in [3.63, 3.8) is 0 Å². The van der Waals surface area contributed by atoms with Gasteiger partial charge in [-0.2, -0.15) is 0 Å². The lowest BCUT2D eigenvalue weighted by Crippen LogP contribution is -2.13. The molecule has 0 aliphatic heterocycles. The molecule has 0 aliphatic carbocycles. The summed E-state index contributed by atoms with van der Waals surface area (Å²) in [5, 5.41) is 3.85. The zero-order chi connectivity index (χ0) is 11.3. The summed E-state index contributed by atoms with van der Waals surface area (Å²) in [7, 11) is 0. The number of thiophene rings is 1. The third-order valence-corrected chi connectivity index (χ3v) is 2.82. The summed E-state index contributed by atoms with van der Waals surface area (Å²) in [6, 6.07) is 3.86. The molecule has 4 N–H and O–H groups in total. The van der Waals surface area contributed by atoms with Gasteiger partial charge in [-0.15, -0.1) is 11.3 Å². The molecule has 1 heterocycles. The van der Waals surface area contributed by atoms with Gasteiger partial charge in [0.05, 0.1) is 4.88 Å². The lowest BCUT2D eigenvalue weighted by atomic mass is 10.2. The Bertz CT molecular complexity index is 333. The Balaban J connectivity index is 2.55. The van der Waals surface area contributed by atoms with Gasteiger partial charge in [0.15, 0.2) is 5.84 Å². The molecule has 0 amide bonds. The van der Waals surface area contributed by atoms with Crippen LogP contribution in [0.15, 0.2) is 17.3 Å². The molecule has 1 aromatic rings. The van der Waals surface area contributed by atoms with Gasteiger partial charge < -0.3 is 16.3 Å². The first-order valence-corrected chi connectivity index (χ1v) is 5.69. The Labute approximate surface area is 93.9 Å². The maximum atomic E-state index is 5.74. The van der Waals surface area contributed by atoms with Gasteiger partial charge in [0, 0.05) is 11.4 Å². The van der Waals surface area contributed by atoms with E-state index in [1.54, 1.807) is 0 Å². The summed E-state index contributed by atoms with van der Waals surface area (Å²) in [6.07, 6.45) is 0. The number of oxime groups is 1. The maximum absolute atomic E-state index is 5.74. The average molecular weight is 227 g/mol. The fourth-order valence-corrected chi connectivity index (χ4v) is 1.71. The van der Waals surface area contributed by atoms with Gasteiger partial charge in [0.2, 0.25) is 0 Å². The second kappa shape index (κ2) is 5.72. The molecule has 84 valence electrons. The van der Waals surface area contributed by atoms with E-state index in [0.717, 1.165) is 9.75 Å². The van der Waals surface area contributed by atoms with E-state index in [2.05, 4.69) is 19.0 Å². The average Bonchev–Trinajstić information content (AvgIpc) is 2.65. The van der Waals surface area contributed by atoms with E-state index < -0.39 is 0 Å². The molecule has 0 saturated heterocycles. The molecule has 1 rings (SSSR count). The number of rotatable bonds is 5. The molecule has 0 aromatic carbocycles. The van der Waals surface area contributed by atoms with Crippen molar-refractivity contribution in [2.24, 2.45) is 22.5 Å². The predicted octanol–water partition coefficient (Wildman–Crippen LogP) is 1.50. The first-order chi connectivity index (χ1) is 7.13. The third-order valence-electron chi connectivity index (χ3n) is 1.69. The van der Waals surface area contributed by atoms with Gasteiger partial charge in [-0.1, -0.05) is 19.0 Å². The Morgan fingerprint density at radius 1 is 1.53 bits per heavy atom. The SMILES string of the molecule is CC(C)CON=C(N)c1ccc(CN)s1. The zero-order valence-electron chi connectivity index (χ0n) is 9.06. The number of hydrogen-bond donors (Lipinski definition) is 2. The highest BCUT2D eigenvalue weighted by molar-refractivity contribution is 7.14. The van der Waals surface area contributed by atoms with E-state index in [0.29, 0.717) is 24.9 Å². The molecule has 0 bridgehead atoms. The van der Waals surface area contributed by atoms with Crippen molar-refractivity contribution in [1.82, 2.24) is 0 Å².